The Morgan fingerprint density at radius 2 is 1.11 bits per heavy atom. The van der Waals surface area contributed by atoms with E-state index in [1.54, 1.807) is 12.1 Å². The standard InChI is InChI=1S/C38H47F3O6/c1-3-4-5-6-7-8-9-10-12-28-45-33-23-19-30(20-24-33)29-15-17-31(18-16-29)36(42)46-34-25-21-32(22-26-34)37(43)47-35(38(39,40)41)14-11-13-27-44-2/h15-26,35H,3-14,27-28H2,1-2H3/t35-/m1/s1. The summed E-state index contributed by atoms with van der Waals surface area (Å²) < 4.78 is 61.0. The maximum absolute atomic E-state index is 13.4. The third-order valence-corrected chi connectivity index (χ3v) is 7.80. The maximum atomic E-state index is 13.4. The van der Waals surface area contributed by atoms with Gasteiger partial charge in [0.1, 0.15) is 11.5 Å². The molecule has 256 valence electrons. The van der Waals surface area contributed by atoms with E-state index in [0.29, 0.717) is 25.2 Å². The molecular formula is C38H47F3O6. The number of halogens is 3. The number of hydrogen-bond donors (Lipinski definition) is 0. The normalized spacial score (nSPS) is 12.0. The number of methoxy groups -OCH3 is 1. The van der Waals surface area contributed by atoms with Crippen LogP contribution in [0.4, 0.5) is 13.2 Å². The molecule has 3 rings (SSSR count). The minimum atomic E-state index is -4.68. The lowest BCUT2D eigenvalue weighted by atomic mass is 10.0. The molecule has 0 N–H and O–H groups in total. The van der Waals surface area contributed by atoms with Crippen LogP contribution in [-0.2, 0) is 9.47 Å². The molecule has 0 aliphatic rings. The SMILES string of the molecule is CCCCCCCCCCCOc1ccc(-c2ccc(C(=O)Oc3ccc(C(=O)O[C@H](CCCCOC)C(F)(F)F)cc3)cc2)cc1. The lowest BCUT2D eigenvalue weighted by Crippen LogP contribution is -2.34. The molecule has 47 heavy (non-hydrogen) atoms. The Kier molecular flexibility index (Phi) is 16.3. The first-order chi connectivity index (χ1) is 22.7. The van der Waals surface area contributed by atoms with E-state index < -0.39 is 24.2 Å². The second kappa shape index (κ2) is 20.4. The van der Waals surface area contributed by atoms with Crippen LogP contribution in [0.3, 0.4) is 0 Å². The van der Waals surface area contributed by atoms with Gasteiger partial charge in [-0.15, -0.1) is 0 Å². The molecule has 0 aliphatic carbocycles. The van der Waals surface area contributed by atoms with Crippen LogP contribution < -0.4 is 9.47 Å². The second-order valence-corrected chi connectivity index (χ2v) is 11.6. The number of hydrogen-bond acceptors (Lipinski definition) is 6. The fourth-order valence-electron chi connectivity index (χ4n) is 5.03. The monoisotopic (exact) mass is 656 g/mol. The summed E-state index contributed by atoms with van der Waals surface area (Å²) in [7, 11) is 1.47. The van der Waals surface area contributed by atoms with E-state index in [4.69, 9.17) is 18.9 Å². The molecule has 0 amide bonds. The molecule has 0 bridgehead atoms. The van der Waals surface area contributed by atoms with Crippen molar-refractivity contribution in [3.8, 4) is 22.6 Å². The molecule has 0 aliphatic heterocycles. The average molecular weight is 657 g/mol. The van der Waals surface area contributed by atoms with Crippen LogP contribution >= 0.6 is 0 Å². The number of unbranched alkanes of at least 4 members (excludes halogenated alkanes) is 9. The van der Waals surface area contributed by atoms with Gasteiger partial charge in [0.15, 0.2) is 6.10 Å². The maximum Gasteiger partial charge on any atom is 0.425 e. The van der Waals surface area contributed by atoms with Crippen LogP contribution in [-0.4, -0.2) is 44.5 Å². The van der Waals surface area contributed by atoms with E-state index in [0.717, 1.165) is 23.3 Å². The van der Waals surface area contributed by atoms with Gasteiger partial charge in [-0.1, -0.05) is 82.6 Å². The number of esters is 2. The average Bonchev–Trinajstić information content (AvgIpc) is 3.07. The van der Waals surface area contributed by atoms with E-state index in [1.165, 1.54) is 82.7 Å². The van der Waals surface area contributed by atoms with Crippen molar-refractivity contribution in [1.82, 2.24) is 0 Å². The minimum absolute atomic E-state index is 0.0831. The van der Waals surface area contributed by atoms with Crippen molar-refractivity contribution >= 4 is 11.9 Å². The van der Waals surface area contributed by atoms with Crippen molar-refractivity contribution in [2.24, 2.45) is 0 Å². The highest BCUT2D eigenvalue weighted by Crippen LogP contribution is 2.28. The Hall–Kier alpha value is -3.85. The molecule has 0 fully saturated rings. The number of alkyl halides is 3. The molecule has 9 heteroatoms. The van der Waals surface area contributed by atoms with Gasteiger partial charge in [-0.05, 0) is 85.3 Å². The Morgan fingerprint density at radius 1 is 0.617 bits per heavy atom. The Morgan fingerprint density at radius 3 is 1.68 bits per heavy atom. The molecular weight excluding hydrogens is 609 g/mol. The molecule has 6 nitrogen and oxygen atoms in total. The topological polar surface area (TPSA) is 71.1 Å². The van der Waals surface area contributed by atoms with Gasteiger partial charge in [0.2, 0.25) is 0 Å². The van der Waals surface area contributed by atoms with Gasteiger partial charge in [0.25, 0.3) is 0 Å². The van der Waals surface area contributed by atoms with Crippen molar-refractivity contribution in [2.45, 2.75) is 96.3 Å². The van der Waals surface area contributed by atoms with Crippen LogP contribution in [0.25, 0.3) is 11.1 Å². The van der Waals surface area contributed by atoms with Crippen LogP contribution in [0.5, 0.6) is 11.5 Å². The fourth-order valence-corrected chi connectivity index (χ4v) is 5.03. The van der Waals surface area contributed by atoms with Crippen molar-refractivity contribution in [2.75, 3.05) is 20.3 Å². The lowest BCUT2D eigenvalue weighted by molar-refractivity contribution is -0.206. The Labute approximate surface area is 276 Å². The highest BCUT2D eigenvalue weighted by atomic mass is 19.4. The van der Waals surface area contributed by atoms with Gasteiger partial charge in [0, 0.05) is 13.7 Å². The van der Waals surface area contributed by atoms with Gasteiger partial charge < -0.3 is 18.9 Å². The van der Waals surface area contributed by atoms with E-state index in [-0.39, 0.29) is 24.2 Å². The molecule has 0 unspecified atom stereocenters. The summed E-state index contributed by atoms with van der Waals surface area (Å²) in [5.74, 6) is -0.752. The van der Waals surface area contributed by atoms with E-state index >= 15 is 0 Å². The zero-order valence-electron chi connectivity index (χ0n) is 27.5. The minimum Gasteiger partial charge on any atom is -0.494 e. The number of carbonyl (C=O) groups is 2. The largest absolute Gasteiger partial charge is 0.494 e. The van der Waals surface area contributed by atoms with Gasteiger partial charge >= 0.3 is 18.1 Å². The summed E-state index contributed by atoms with van der Waals surface area (Å²) >= 11 is 0. The number of rotatable bonds is 21. The smallest absolute Gasteiger partial charge is 0.425 e. The van der Waals surface area contributed by atoms with Gasteiger partial charge in [0.05, 0.1) is 17.7 Å². The molecule has 0 radical (unpaired) electrons. The summed E-state index contributed by atoms with van der Waals surface area (Å²) in [6.45, 7) is 3.26. The van der Waals surface area contributed by atoms with Crippen LogP contribution in [0, 0.1) is 0 Å². The molecule has 0 aromatic heterocycles. The molecule has 0 saturated carbocycles. The predicted octanol–water partition coefficient (Wildman–Crippen LogP) is 10.4. The zero-order chi connectivity index (χ0) is 33.9. The first-order valence-corrected chi connectivity index (χ1v) is 16.6. The van der Waals surface area contributed by atoms with Gasteiger partial charge in [-0.2, -0.15) is 13.2 Å². The van der Waals surface area contributed by atoms with Gasteiger partial charge in [-0.25, -0.2) is 9.59 Å². The number of ether oxygens (including phenoxy) is 4. The first-order valence-electron chi connectivity index (χ1n) is 16.6. The first kappa shape index (κ1) is 37.6. The van der Waals surface area contributed by atoms with Crippen molar-refractivity contribution in [3.63, 3.8) is 0 Å². The summed E-state index contributed by atoms with van der Waals surface area (Å²) in [6, 6.07) is 20.0. The zero-order valence-corrected chi connectivity index (χ0v) is 27.5. The Balaban J connectivity index is 1.43. The summed E-state index contributed by atoms with van der Waals surface area (Å²) in [5.41, 5.74) is 2.14. The predicted molar refractivity (Wildman–Crippen MR) is 177 cm³/mol. The molecule has 3 aromatic rings. The van der Waals surface area contributed by atoms with E-state index in [9.17, 15) is 22.8 Å². The molecule has 0 spiro atoms. The van der Waals surface area contributed by atoms with Crippen LogP contribution in [0.1, 0.15) is 105 Å². The van der Waals surface area contributed by atoms with E-state index in [2.05, 4.69) is 6.92 Å². The number of benzene rings is 3. The van der Waals surface area contributed by atoms with Crippen molar-refractivity contribution in [3.05, 3.63) is 83.9 Å². The molecule has 0 saturated heterocycles. The quantitative estimate of drug-likeness (QED) is 0.0646. The molecule has 1 atom stereocenters. The van der Waals surface area contributed by atoms with E-state index in [1.807, 2.05) is 36.4 Å². The summed E-state index contributed by atoms with van der Waals surface area (Å²) in [6.07, 6.45) is 4.80. The van der Waals surface area contributed by atoms with Crippen LogP contribution in [0.15, 0.2) is 72.8 Å². The lowest BCUT2D eigenvalue weighted by Gasteiger charge is -2.20. The molecule has 0 heterocycles. The van der Waals surface area contributed by atoms with Crippen molar-refractivity contribution in [1.29, 1.82) is 0 Å². The fraction of sp³-hybridized carbons (Fsp3) is 0.474. The number of carbonyl (C=O) groups excluding carboxylic acids is 2. The third kappa shape index (κ3) is 13.8. The molecule has 3 aromatic carbocycles. The highest BCUT2D eigenvalue weighted by Gasteiger charge is 2.42. The van der Waals surface area contributed by atoms with Crippen LogP contribution in [0.2, 0.25) is 0 Å². The Bertz CT molecular complexity index is 1320. The van der Waals surface area contributed by atoms with Gasteiger partial charge in [-0.3, -0.25) is 0 Å². The highest BCUT2D eigenvalue weighted by molar-refractivity contribution is 5.92. The summed E-state index contributed by atoms with van der Waals surface area (Å²) in [5, 5.41) is 0. The van der Waals surface area contributed by atoms with Crippen molar-refractivity contribution < 1.29 is 41.7 Å². The second-order valence-electron chi connectivity index (χ2n) is 11.6. The summed E-state index contributed by atoms with van der Waals surface area (Å²) in [4.78, 5) is 25.1. The third-order valence-electron chi connectivity index (χ3n) is 7.80.